The van der Waals surface area contributed by atoms with Gasteiger partial charge in [0.1, 0.15) is 5.82 Å². The number of rotatable bonds is 3. The standard InChI is InChI=1S/C6H12N4O/c1-7-4-5-8-9-6(11-3)10(5)2/h7H,4H2,1-3H3. The second-order valence-electron chi connectivity index (χ2n) is 2.19. The van der Waals surface area contributed by atoms with Crippen molar-refractivity contribution in [2.75, 3.05) is 14.2 Å². The van der Waals surface area contributed by atoms with Crippen LogP contribution in [0.1, 0.15) is 5.82 Å². The van der Waals surface area contributed by atoms with Gasteiger partial charge in [-0.3, -0.25) is 4.57 Å². The van der Waals surface area contributed by atoms with Gasteiger partial charge >= 0.3 is 6.01 Å². The highest BCUT2D eigenvalue weighted by atomic mass is 16.5. The Hall–Kier alpha value is -1.10. The van der Waals surface area contributed by atoms with E-state index in [0.717, 1.165) is 5.82 Å². The SMILES string of the molecule is CNCc1nnc(OC)n1C. The Bertz CT molecular complexity index is 232. The first-order valence-corrected chi connectivity index (χ1v) is 3.36. The van der Waals surface area contributed by atoms with E-state index in [9.17, 15) is 0 Å². The van der Waals surface area contributed by atoms with E-state index in [-0.39, 0.29) is 0 Å². The van der Waals surface area contributed by atoms with E-state index in [1.807, 2.05) is 14.1 Å². The third-order valence-electron chi connectivity index (χ3n) is 1.44. The molecule has 1 aromatic rings. The van der Waals surface area contributed by atoms with Gasteiger partial charge in [0.2, 0.25) is 0 Å². The Labute approximate surface area is 65.4 Å². The molecule has 0 fully saturated rings. The molecular weight excluding hydrogens is 144 g/mol. The van der Waals surface area contributed by atoms with Gasteiger partial charge in [0.25, 0.3) is 0 Å². The smallest absolute Gasteiger partial charge is 0.316 e. The van der Waals surface area contributed by atoms with E-state index < -0.39 is 0 Å². The number of ether oxygens (including phenoxy) is 1. The fourth-order valence-electron chi connectivity index (χ4n) is 0.835. The van der Waals surface area contributed by atoms with E-state index in [4.69, 9.17) is 4.74 Å². The number of methoxy groups -OCH3 is 1. The fourth-order valence-corrected chi connectivity index (χ4v) is 0.835. The molecule has 1 aromatic heterocycles. The number of hydrogen-bond acceptors (Lipinski definition) is 4. The molecule has 11 heavy (non-hydrogen) atoms. The molecule has 1 heterocycles. The first kappa shape index (κ1) is 8.00. The average Bonchev–Trinajstić information content (AvgIpc) is 2.34. The quantitative estimate of drug-likeness (QED) is 0.643. The Morgan fingerprint density at radius 3 is 2.73 bits per heavy atom. The van der Waals surface area contributed by atoms with Crippen LogP contribution in [0, 0.1) is 0 Å². The highest BCUT2D eigenvalue weighted by Gasteiger charge is 2.05. The van der Waals surface area contributed by atoms with E-state index in [1.165, 1.54) is 0 Å². The third-order valence-corrected chi connectivity index (χ3v) is 1.44. The van der Waals surface area contributed by atoms with Gasteiger partial charge in [0, 0.05) is 7.05 Å². The lowest BCUT2D eigenvalue weighted by Gasteiger charge is -2.00. The molecule has 5 heteroatoms. The summed E-state index contributed by atoms with van der Waals surface area (Å²) in [4.78, 5) is 0. The summed E-state index contributed by atoms with van der Waals surface area (Å²) in [6.45, 7) is 0.701. The van der Waals surface area contributed by atoms with Crippen LogP contribution in [-0.2, 0) is 13.6 Å². The fraction of sp³-hybridized carbons (Fsp3) is 0.667. The van der Waals surface area contributed by atoms with Gasteiger partial charge in [-0.2, -0.15) is 0 Å². The zero-order valence-corrected chi connectivity index (χ0v) is 6.96. The van der Waals surface area contributed by atoms with E-state index in [0.29, 0.717) is 12.6 Å². The first-order valence-electron chi connectivity index (χ1n) is 3.36. The normalized spacial score (nSPS) is 10.1. The minimum Gasteiger partial charge on any atom is -0.467 e. The molecule has 0 saturated heterocycles. The zero-order valence-electron chi connectivity index (χ0n) is 6.96. The number of aromatic nitrogens is 3. The van der Waals surface area contributed by atoms with Crippen LogP contribution in [-0.4, -0.2) is 28.9 Å². The second kappa shape index (κ2) is 3.34. The Morgan fingerprint density at radius 1 is 1.55 bits per heavy atom. The van der Waals surface area contributed by atoms with Crippen LogP contribution in [0.4, 0.5) is 0 Å². The molecule has 5 nitrogen and oxygen atoms in total. The molecule has 0 aromatic carbocycles. The summed E-state index contributed by atoms with van der Waals surface area (Å²) in [5.41, 5.74) is 0. The van der Waals surface area contributed by atoms with Crippen LogP contribution in [0.3, 0.4) is 0 Å². The van der Waals surface area contributed by atoms with Gasteiger partial charge in [-0.1, -0.05) is 5.10 Å². The largest absolute Gasteiger partial charge is 0.467 e. The molecule has 0 unspecified atom stereocenters. The minimum atomic E-state index is 0.537. The molecule has 1 N–H and O–H groups in total. The third kappa shape index (κ3) is 1.48. The molecule has 0 aliphatic rings. The molecule has 0 bridgehead atoms. The van der Waals surface area contributed by atoms with Gasteiger partial charge in [-0.15, -0.1) is 5.10 Å². The van der Waals surface area contributed by atoms with Crippen LogP contribution in [0.5, 0.6) is 6.01 Å². The summed E-state index contributed by atoms with van der Waals surface area (Å²) < 4.78 is 6.74. The average molecular weight is 156 g/mol. The van der Waals surface area contributed by atoms with Crippen LogP contribution in [0.25, 0.3) is 0 Å². The lowest BCUT2D eigenvalue weighted by molar-refractivity contribution is 0.363. The van der Waals surface area contributed by atoms with E-state index in [1.54, 1.807) is 11.7 Å². The highest BCUT2D eigenvalue weighted by molar-refractivity contribution is 4.98. The Balaban J connectivity index is 2.82. The molecule has 0 aliphatic heterocycles. The van der Waals surface area contributed by atoms with Crippen LogP contribution in [0.15, 0.2) is 0 Å². The topological polar surface area (TPSA) is 52.0 Å². The van der Waals surface area contributed by atoms with Crippen LogP contribution >= 0.6 is 0 Å². The summed E-state index contributed by atoms with van der Waals surface area (Å²) in [6.07, 6.45) is 0. The maximum absolute atomic E-state index is 4.93. The molecule has 62 valence electrons. The lowest BCUT2D eigenvalue weighted by atomic mass is 10.6. The van der Waals surface area contributed by atoms with Crippen molar-refractivity contribution in [2.45, 2.75) is 6.54 Å². The summed E-state index contributed by atoms with van der Waals surface area (Å²) in [6, 6.07) is 0.537. The minimum absolute atomic E-state index is 0.537. The van der Waals surface area contributed by atoms with Crippen molar-refractivity contribution in [1.82, 2.24) is 20.1 Å². The molecule has 0 aliphatic carbocycles. The molecule has 0 atom stereocenters. The maximum atomic E-state index is 4.93. The van der Waals surface area contributed by atoms with Crippen molar-refractivity contribution >= 4 is 0 Å². The monoisotopic (exact) mass is 156 g/mol. The van der Waals surface area contributed by atoms with Crippen LogP contribution < -0.4 is 10.1 Å². The number of nitrogens with one attached hydrogen (secondary N) is 1. The molecule has 0 spiro atoms. The van der Waals surface area contributed by atoms with Gasteiger partial charge < -0.3 is 10.1 Å². The molecule has 0 radical (unpaired) electrons. The van der Waals surface area contributed by atoms with Crippen LogP contribution in [0.2, 0.25) is 0 Å². The molecule has 0 saturated carbocycles. The molecule has 0 amide bonds. The zero-order chi connectivity index (χ0) is 8.27. The van der Waals surface area contributed by atoms with Crippen molar-refractivity contribution in [3.8, 4) is 6.01 Å². The Kier molecular flexibility index (Phi) is 2.43. The van der Waals surface area contributed by atoms with Crippen molar-refractivity contribution in [2.24, 2.45) is 7.05 Å². The number of nitrogens with zero attached hydrogens (tertiary/aromatic N) is 3. The lowest BCUT2D eigenvalue weighted by Crippen LogP contribution is -2.10. The van der Waals surface area contributed by atoms with Crippen molar-refractivity contribution < 1.29 is 4.74 Å². The molecular formula is C6H12N4O. The van der Waals surface area contributed by atoms with Gasteiger partial charge in [-0.25, -0.2) is 0 Å². The van der Waals surface area contributed by atoms with Gasteiger partial charge in [0.05, 0.1) is 13.7 Å². The van der Waals surface area contributed by atoms with Crippen molar-refractivity contribution in [1.29, 1.82) is 0 Å². The predicted molar refractivity (Wildman–Crippen MR) is 40.3 cm³/mol. The molecule has 1 rings (SSSR count). The van der Waals surface area contributed by atoms with E-state index in [2.05, 4.69) is 15.5 Å². The summed E-state index contributed by atoms with van der Waals surface area (Å²) in [5.74, 6) is 0.865. The maximum Gasteiger partial charge on any atom is 0.316 e. The van der Waals surface area contributed by atoms with E-state index >= 15 is 0 Å². The Morgan fingerprint density at radius 2 is 2.27 bits per heavy atom. The van der Waals surface area contributed by atoms with Crippen molar-refractivity contribution in [3.63, 3.8) is 0 Å². The summed E-state index contributed by atoms with van der Waals surface area (Å²) in [7, 11) is 5.31. The highest BCUT2D eigenvalue weighted by Crippen LogP contribution is 2.05. The van der Waals surface area contributed by atoms with Gasteiger partial charge in [0.15, 0.2) is 0 Å². The van der Waals surface area contributed by atoms with Gasteiger partial charge in [-0.05, 0) is 7.05 Å². The summed E-state index contributed by atoms with van der Waals surface area (Å²) in [5, 5.41) is 10.7. The second-order valence-corrected chi connectivity index (χ2v) is 2.19. The number of hydrogen-bond donors (Lipinski definition) is 1. The van der Waals surface area contributed by atoms with Crippen molar-refractivity contribution in [3.05, 3.63) is 5.82 Å². The predicted octanol–water partition coefficient (Wildman–Crippen LogP) is -0.457. The first-order chi connectivity index (χ1) is 5.29. The summed E-state index contributed by atoms with van der Waals surface area (Å²) >= 11 is 0.